The Morgan fingerprint density at radius 3 is 2.77 bits per heavy atom. The molecular formula is C14H9ClF3NO6S. The van der Waals surface area contributed by atoms with Gasteiger partial charge in [0.2, 0.25) is 0 Å². The predicted octanol–water partition coefficient (Wildman–Crippen LogP) is 4.44. The Labute approximate surface area is 153 Å². The van der Waals surface area contributed by atoms with E-state index in [9.17, 15) is 18.0 Å². The molecule has 2 aliphatic rings. The summed E-state index contributed by atoms with van der Waals surface area (Å²) in [5.41, 5.74) is -4.08. The van der Waals surface area contributed by atoms with E-state index < -0.39 is 23.4 Å². The summed E-state index contributed by atoms with van der Waals surface area (Å²) in [6, 6.07) is 2.11. The van der Waals surface area contributed by atoms with Crippen LogP contribution in [0.5, 0.6) is 5.75 Å². The molecule has 3 rings (SSSR count). The van der Waals surface area contributed by atoms with Crippen molar-refractivity contribution in [2.45, 2.75) is 24.6 Å². The summed E-state index contributed by atoms with van der Waals surface area (Å²) in [6.45, 7) is 0. The van der Waals surface area contributed by atoms with E-state index >= 15 is 0 Å². The van der Waals surface area contributed by atoms with Crippen molar-refractivity contribution < 1.29 is 41.5 Å². The minimum atomic E-state index is -5.04. The third kappa shape index (κ3) is 3.65. The van der Waals surface area contributed by atoms with Crippen molar-refractivity contribution in [1.29, 1.82) is 0 Å². The van der Waals surface area contributed by atoms with Crippen LogP contribution in [0.4, 0.5) is 23.7 Å². The van der Waals surface area contributed by atoms with Gasteiger partial charge in [-0.3, -0.25) is 5.32 Å². The largest absolute Gasteiger partial charge is 0.445 e. The number of carbonyl (C=O) groups is 1. The minimum Gasteiger partial charge on any atom is -0.415 e. The molecule has 1 aliphatic heterocycles. The van der Waals surface area contributed by atoms with Crippen molar-refractivity contribution in [3.05, 3.63) is 22.7 Å². The van der Waals surface area contributed by atoms with E-state index in [2.05, 4.69) is 31.3 Å². The lowest BCUT2D eigenvalue weighted by molar-refractivity contribution is -0.433. The fraction of sp³-hybridized carbons (Fsp3) is 0.357. The lowest BCUT2D eigenvalue weighted by Crippen LogP contribution is -2.49. The van der Waals surface area contributed by atoms with Gasteiger partial charge in [0, 0.05) is 22.6 Å². The fourth-order valence-corrected chi connectivity index (χ4v) is 2.71. The van der Waals surface area contributed by atoms with Gasteiger partial charge in [0.25, 0.3) is 17.9 Å². The van der Waals surface area contributed by atoms with Crippen molar-refractivity contribution in [3.63, 3.8) is 0 Å². The number of carbonyl (C=O) groups excluding carboxylic acids is 1. The first-order valence-corrected chi connectivity index (χ1v) is 8.06. The number of cyclic esters (lactones) is 1. The highest BCUT2D eigenvalue weighted by Gasteiger charge is 2.62. The molecule has 0 radical (unpaired) electrons. The van der Waals surface area contributed by atoms with Crippen molar-refractivity contribution in [2.75, 3.05) is 5.32 Å². The van der Waals surface area contributed by atoms with Crippen LogP contribution >= 0.6 is 23.9 Å². The topological polar surface area (TPSA) is 86.3 Å². The number of alkyl halides is 3. The van der Waals surface area contributed by atoms with Gasteiger partial charge in [-0.05, 0) is 24.8 Å². The lowest BCUT2D eigenvalue weighted by atomic mass is 9.90. The SMILES string of the molecule is O=C1Nc2c(OSOOO)cc(Cl)cc2[C@@](C#CC2CC2)(C(F)(F)F)O1. The lowest BCUT2D eigenvalue weighted by Gasteiger charge is -2.36. The molecule has 1 aliphatic carbocycles. The van der Waals surface area contributed by atoms with Gasteiger partial charge in [-0.15, -0.1) is 0 Å². The standard InChI is InChI=1S/C14H9ClF3NO6S/c15-8-5-9-11(10(6-8)23-26-25-24-21)19-12(20)22-13(9,14(16,17)18)4-3-7-1-2-7/h5-7,21H,1-2H2,(H,19,20)/t13-/m0/s1. The van der Waals surface area contributed by atoms with Crippen LogP contribution in [0.1, 0.15) is 18.4 Å². The zero-order chi connectivity index (χ0) is 18.9. The van der Waals surface area contributed by atoms with Gasteiger partial charge in [-0.2, -0.15) is 13.2 Å². The predicted molar refractivity (Wildman–Crippen MR) is 82.8 cm³/mol. The van der Waals surface area contributed by atoms with Crippen LogP contribution < -0.4 is 9.50 Å². The van der Waals surface area contributed by atoms with Crippen LogP contribution in [0.15, 0.2) is 12.1 Å². The number of halogens is 4. The average Bonchev–Trinajstić information content (AvgIpc) is 3.37. The Balaban J connectivity index is 2.15. The van der Waals surface area contributed by atoms with Gasteiger partial charge in [0.05, 0.1) is 5.69 Å². The number of hydrogen-bond acceptors (Lipinski definition) is 7. The third-order valence-electron chi connectivity index (χ3n) is 3.53. The molecule has 0 spiro atoms. The summed E-state index contributed by atoms with van der Waals surface area (Å²) < 4.78 is 55.3. The molecule has 1 atom stereocenters. The maximum atomic E-state index is 13.9. The van der Waals surface area contributed by atoms with E-state index in [1.165, 1.54) is 0 Å². The Hall–Kier alpha value is -1.84. The molecule has 7 nitrogen and oxygen atoms in total. The summed E-state index contributed by atoms with van der Waals surface area (Å²) in [5, 5.41) is 13.4. The normalized spacial score (nSPS) is 21.8. The maximum absolute atomic E-state index is 13.9. The molecule has 2 N–H and O–H groups in total. The van der Waals surface area contributed by atoms with Crippen molar-refractivity contribution >= 4 is 35.7 Å². The van der Waals surface area contributed by atoms with Gasteiger partial charge in [0.1, 0.15) is 0 Å². The third-order valence-corrected chi connectivity index (χ3v) is 4.11. The number of hydrogen-bond donors (Lipinski definition) is 2. The first-order valence-electron chi connectivity index (χ1n) is 7.01. The van der Waals surface area contributed by atoms with Crippen molar-refractivity contribution in [2.24, 2.45) is 5.92 Å². The number of benzene rings is 1. The van der Waals surface area contributed by atoms with Gasteiger partial charge >= 0.3 is 12.3 Å². The summed E-state index contributed by atoms with van der Waals surface area (Å²) in [6.07, 6.45) is -5.05. The number of ether oxygens (including phenoxy) is 1. The number of rotatable bonds is 4. The smallest absolute Gasteiger partial charge is 0.415 e. The highest BCUT2D eigenvalue weighted by atomic mass is 35.5. The highest BCUT2D eigenvalue weighted by Crippen LogP contribution is 2.51. The van der Waals surface area contributed by atoms with Crippen LogP contribution in [0.25, 0.3) is 0 Å². The van der Waals surface area contributed by atoms with Crippen molar-refractivity contribution in [3.8, 4) is 17.6 Å². The Morgan fingerprint density at radius 1 is 1.42 bits per heavy atom. The van der Waals surface area contributed by atoms with Gasteiger partial charge in [-0.1, -0.05) is 26.9 Å². The molecule has 12 heteroatoms. The number of amides is 1. The van der Waals surface area contributed by atoms with Crippen LogP contribution in [0, 0.1) is 17.8 Å². The second-order valence-electron chi connectivity index (χ2n) is 5.36. The Bertz CT molecular complexity index is 791. The average molecular weight is 412 g/mol. The van der Waals surface area contributed by atoms with E-state index in [0.717, 1.165) is 12.1 Å². The zero-order valence-corrected chi connectivity index (χ0v) is 14.1. The molecule has 1 heterocycles. The summed E-state index contributed by atoms with van der Waals surface area (Å²) in [4.78, 5) is 11.8. The van der Waals surface area contributed by atoms with Gasteiger partial charge in [-0.25, -0.2) is 10.1 Å². The molecule has 0 unspecified atom stereocenters. The fourth-order valence-electron chi connectivity index (χ4n) is 2.24. The maximum Gasteiger partial charge on any atom is 0.445 e. The second kappa shape index (κ2) is 7.05. The monoisotopic (exact) mass is 411 g/mol. The molecule has 1 aromatic carbocycles. The molecular weight excluding hydrogens is 403 g/mol. The van der Waals surface area contributed by atoms with E-state index in [4.69, 9.17) is 21.0 Å². The number of nitrogens with one attached hydrogen (secondary N) is 1. The molecule has 1 amide bonds. The van der Waals surface area contributed by atoms with E-state index in [1.807, 2.05) is 0 Å². The van der Waals surface area contributed by atoms with Gasteiger partial charge in [0.15, 0.2) is 5.75 Å². The minimum absolute atomic E-state index is 0.0847. The molecule has 1 aromatic rings. The number of fused-ring (bicyclic) bond motifs is 1. The van der Waals surface area contributed by atoms with E-state index in [1.54, 1.807) is 0 Å². The molecule has 140 valence electrons. The van der Waals surface area contributed by atoms with Gasteiger partial charge < -0.3 is 8.92 Å². The Morgan fingerprint density at radius 2 is 2.15 bits per heavy atom. The summed E-state index contributed by atoms with van der Waals surface area (Å²) in [5.74, 6) is 4.10. The quantitative estimate of drug-likeness (QED) is 0.249. The molecule has 1 saturated carbocycles. The summed E-state index contributed by atoms with van der Waals surface area (Å²) in [7, 11) is 0. The van der Waals surface area contributed by atoms with Crippen LogP contribution in [0.2, 0.25) is 5.02 Å². The van der Waals surface area contributed by atoms with Crippen LogP contribution in [-0.4, -0.2) is 17.5 Å². The second-order valence-corrected chi connectivity index (χ2v) is 6.23. The van der Waals surface area contributed by atoms with Crippen molar-refractivity contribution in [1.82, 2.24) is 0 Å². The Kier molecular flexibility index (Phi) is 5.14. The molecule has 26 heavy (non-hydrogen) atoms. The first kappa shape index (κ1) is 18.9. The van der Waals surface area contributed by atoms with E-state index in [0.29, 0.717) is 12.8 Å². The molecule has 0 bridgehead atoms. The summed E-state index contributed by atoms with van der Waals surface area (Å²) >= 11 is 5.97. The van der Waals surface area contributed by atoms with Crippen LogP contribution in [0.3, 0.4) is 0 Å². The first-order chi connectivity index (χ1) is 12.3. The van der Waals surface area contributed by atoms with Crippen LogP contribution in [-0.2, 0) is 19.7 Å². The highest BCUT2D eigenvalue weighted by molar-refractivity contribution is 7.90. The number of anilines is 1. The molecule has 0 aromatic heterocycles. The zero-order valence-electron chi connectivity index (χ0n) is 12.6. The molecule has 0 saturated heterocycles. The van der Waals surface area contributed by atoms with E-state index in [-0.39, 0.29) is 34.7 Å². The molecule has 1 fully saturated rings.